The van der Waals surface area contributed by atoms with E-state index < -0.39 is 11.9 Å². The summed E-state index contributed by atoms with van der Waals surface area (Å²) in [6.45, 7) is 4.96. The zero-order valence-electron chi connectivity index (χ0n) is 17.4. The van der Waals surface area contributed by atoms with Gasteiger partial charge in [0.15, 0.2) is 11.5 Å². The van der Waals surface area contributed by atoms with Crippen molar-refractivity contribution < 1.29 is 34.1 Å². The zero-order chi connectivity index (χ0) is 22.9. The Kier molecular flexibility index (Phi) is 7.87. The Morgan fingerprint density at radius 1 is 0.875 bits per heavy atom. The Morgan fingerprint density at radius 2 is 1.53 bits per heavy atom. The highest BCUT2D eigenvalue weighted by Gasteiger charge is 2.18. The highest BCUT2D eigenvalue weighted by atomic mass is 16.7. The van der Waals surface area contributed by atoms with Crippen LogP contribution in [-0.4, -0.2) is 72.5 Å². The molecule has 2 heterocycles. The van der Waals surface area contributed by atoms with Crippen LogP contribution in [0.1, 0.15) is 6.42 Å². The van der Waals surface area contributed by atoms with Gasteiger partial charge in [0, 0.05) is 56.6 Å². The molecule has 0 spiro atoms. The number of ether oxygens (including phenoxy) is 2. The molecule has 0 unspecified atom stereocenters. The predicted octanol–water partition coefficient (Wildman–Crippen LogP) is 1.72. The molecule has 10 nitrogen and oxygen atoms in total. The first-order valence-electron chi connectivity index (χ1n) is 10.1. The van der Waals surface area contributed by atoms with Crippen molar-refractivity contribution in [1.29, 1.82) is 0 Å². The molecule has 2 aromatic rings. The third kappa shape index (κ3) is 6.61. The van der Waals surface area contributed by atoms with Gasteiger partial charge >= 0.3 is 11.9 Å². The van der Waals surface area contributed by atoms with Crippen LogP contribution in [0.3, 0.4) is 0 Å². The molecule has 0 radical (unpaired) electrons. The van der Waals surface area contributed by atoms with Crippen LogP contribution >= 0.6 is 0 Å². The molecule has 1 amide bonds. The maximum atomic E-state index is 12.2. The summed E-state index contributed by atoms with van der Waals surface area (Å²) in [6.07, 6.45) is 0.486. The summed E-state index contributed by atoms with van der Waals surface area (Å²) in [5.41, 5.74) is 2.01. The van der Waals surface area contributed by atoms with Crippen molar-refractivity contribution in [3.8, 4) is 11.5 Å². The van der Waals surface area contributed by atoms with E-state index in [0.29, 0.717) is 12.2 Å². The van der Waals surface area contributed by atoms with Crippen LogP contribution in [0, 0.1) is 0 Å². The van der Waals surface area contributed by atoms with Crippen molar-refractivity contribution in [3.05, 3.63) is 48.5 Å². The number of hydrogen-bond donors (Lipinski definition) is 3. The number of anilines is 2. The summed E-state index contributed by atoms with van der Waals surface area (Å²) in [7, 11) is 0. The molecular formula is C22H25N3O7. The van der Waals surface area contributed by atoms with Crippen LogP contribution in [0.4, 0.5) is 11.4 Å². The lowest BCUT2D eigenvalue weighted by atomic mass is 10.2. The lowest BCUT2D eigenvalue weighted by molar-refractivity contribution is -0.159. The molecule has 10 heteroatoms. The van der Waals surface area contributed by atoms with Gasteiger partial charge in [-0.3, -0.25) is 9.69 Å². The first-order chi connectivity index (χ1) is 15.4. The van der Waals surface area contributed by atoms with Crippen LogP contribution in [0.15, 0.2) is 48.5 Å². The van der Waals surface area contributed by atoms with Gasteiger partial charge in [-0.25, -0.2) is 9.59 Å². The number of carboxylic acids is 2. The van der Waals surface area contributed by atoms with Gasteiger partial charge in [0.2, 0.25) is 12.7 Å². The van der Waals surface area contributed by atoms with E-state index >= 15 is 0 Å². The third-order valence-corrected chi connectivity index (χ3v) is 4.99. The number of benzene rings is 2. The Morgan fingerprint density at radius 3 is 2.19 bits per heavy atom. The quantitative estimate of drug-likeness (QED) is 0.592. The molecule has 170 valence electrons. The Balaban J connectivity index is 0.000000427. The maximum Gasteiger partial charge on any atom is 0.414 e. The van der Waals surface area contributed by atoms with Crippen molar-refractivity contribution in [3.63, 3.8) is 0 Å². The molecule has 2 aliphatic heterocycles. The van der Waals surface area contributed by atoms with Gasteiger partial charge in [-0.15, -0.1) is 0 Å². The van der Waals surface area contributed by atoms with E-state index in [1.54, 1.807) is 6.07 Å². The molecular weight excluding hydrogens is 418 g/mol. The first-order valence-corrected chi connectivity index (χ1v) is 10.1. The van der Waals surface area contributed by atoms with E-state index in [0.717, 1.165) is 44.2 Å². The van der Waals surface area contributed by atoms with Gasteiger partial charge in [0.25, 0.3) is 0 Å². The molecule has 0 atom stereocenters. The number of rotatable bonds is 5. The fraction of sp³-hybridized carbons (Fsp3) is 0.318. The average molecular weight is 443 g/mol. The summed E-state index contributed by atoms with van der Waals surface area (Å²) in [4.78, 5) is 35.2. The van der Waals surface area contributed by atoms with E-state index in [2.05, 4.69) is 39.4 Å². The standard InChI is InChI=1S/C20H23N3O3.C2H2O4/c24-20(21-16-6-7-18-19(14-16)26-15-25-18)8-9-22-10-12-23(13-11-22)17-4-2-1-3-5-17;3-1(4)2(5)6/h1-7,14H,8-13,15H2,(H,21,24);(H,3,4)(H,5,6). The SMILES string of the molecule is O=C(CCN1CCN(c2ccccc2)CC1)Nc1ccc2c(c1)OCO2.O=C(O)C(=O)O. The third-order valence-electron chi connectivity index (χ3n) is 4.99. The number of aliphatic carboxylic acids is 2. The van der Waals surface area contributed by atoms with Gasteiger partial charge in [-0.1, -0.05) is 18.2 Å². The van der Waals surface area contributed by atoms with Crippen molar-refractivity contribution in [2.75, 3.05) is 49.7 Å². The second-order valence-electron chi connectivity index (χ2n) is 7.14. The number of fused-ring (bicyclic) bond motifs is 1. The van der Waals surface area contributed by atoms with Crippen molar-refractivity contribution in [1.82, 2.24) is 4.90 Å². The van der Waals surface area contributed by atoms with Gasteiger partial charge < -0.3 is 29.9 Å². The minimum absolute atomic E-state index is 0.0226. The van der Waals surface area contributed by atoms with E-state index in [1.165, 1.54) is 5.69 Å². The largest absolute Gasteiger partial charge is 0.473 e. The highest BCUT2D eigenvalue weighted by molar-refractivity contribution is 6.27. The van der Waals surface area contributed by atoms with Crippen LogP contribution in [0.5, 0.6) is 11.5 Å². The molecule has 0 bridgehead atoms. The minimum Gasteiger partial charge on any atom is -0.473 e. The molecule has 2 aromatic carbocycles. The lowest BCUT2D eigenvalue weighted by Crippen LogP contribution is -2.47. The molecule has 2 aliphatic rings. The van der Waals surface area contributed by atoms with Crippen molar-refractivity contribution >= 4 is 29.2 Å². The van der Waals surface area contributed by atoms with E-state index in [9.17, 15) is 4.79 Å². The fourth-order valence-electron chi connectivity index (χ4n) is 3.33. The minimum atomic E-state index is -1.82. The number of para-hydroxylation sites is 1. The second-order valence-corrected chi connectivity index (χ2v) is 7.14. The van der Waals surface area contributed by atoms with Gasteiger partial charge in [-0.2, -0.15) is 0 Å². The van der Waals surface area contributed by atoms with E-state index in [1.807, 2.05) is 18.2 Å². The molecule has 1 fully saturated rings. The maximum absolute atomic E-state index is 12.2. The molecule has 0 aromatic heterocycles. The van der Waals surface area contributed by atoms with Crippen molar-refractivity contribution in [2.45, 2.75) is 6.42 Å². The summed E-state index contributed by atoms with van der Waals surface area (Å²) in [6, 6.07) is 15.9. The monoisotopic (exact) mass is 443 g/mol. The predicted molar refractivity (Wildman–Crippen MR) is 116 cm³/mol. The number of carboxylic acid groups (broad SMARTS) is 2. The number of piperazine rings is 1. The van der Waals surface area contributed by atoms with Crippen LogP contribution in [-0.2, 0) is 14.4 Å². The topological polar surface area (TPSA) is 129 Å². The Bertz CT molecular complexity index is 932. The van der Waals surface area contributed by atoms with Crippen LogP contribution < -0.4 is 19.7 Å². The molecule has 3 N–H and O–H groups in total. The van der Waals surface area contributed by atoms with E-state index in [4.69, 9.17) is 29.3 Å². The van der Waals surface area contributed by atoms with Crippen LogP contribution in [0.2, 0.25) is 0 Å². The molecule has 4 rings (SSSR count). The molecule has 0 saturated carbocycles. The molecule has 32 heavy (non-hydrogen) atoms. The number of nitrogens with one attached hydrogen (secondary N) is 1. The summed E-state index contributed by atoms with van der Waals surface area (Å²) in [5, 5.41) is 17.7. The van der Waals surface area contributed by atoms with Gasteiger partial charge in [0.05, 0.1) is 0 Å². The number of carbonyl (C=O) groups excluding carboxylic acids is 1. The number of amides is 1. The van der Waals surface area contributed by atoms with Gasteiger partial charge in [-0.05, 0) is 24.3 Å². The summed E-state index contributed by atoms with van der Waals surface area (Å²) in [5.74, 6) is -2.22. The van der Waals surface area contributed by atoms with E-state index in [-0.39, 0.29) is 12.7 Å². The average Bonchev–Trinajstić information content (AvgIpc) is 3.27. The normalized spacial score (nSPS) is 14.8. The summed E-state index contributed by atoms with van der Waals surface area (Å²) >= 11 is 0. The zero-order valence-corrected chi connectivity index (χ0v) is 17.4. The Hall–Kier alpha value is -3.79. The smallest absolute Gasteiger partial charge is 0.414 e. The van der Waals surface area contributed by atoms with Crippen molar-refractivity contribution in [2.24, 2.45) is 0 Å². The Labute approximate surface area is 185 Å². The fourth-order valence-corrected chi connectivity index (χ4v) is 3.33. The number of hydrogen-bond acceptors (Lipinski definition) is 7. The highest BCUT2D eigenvalue weighted by Crippen LogP contribution is 2.34. The first kappa shape index (κ1) is 22.9. The number of carbonyl (C=O) groups is 3. The summed E-state index contributed by atoms with van der Waals surface area (Å²) < 4.78 is 10.6. The lowest BCUT2D eigenvalue weighted by Gasteiger charge is -2.36. The second kappa shape index (κ2) is 11.0. The molecule has 1 saturated heterocycles. The van der Waals surface area contributed by atoms with Crippen LogP contribution in [0.25, 0.3) is 0 Å². The van der Waals surface area contributed by atoms with Gasteiger partial charge in [0.1, 0.15) is 0 Å². The number of nitrogens with zero attached hydrogens (tertiary/aromatic N) is 2. The molecule has 0 aliphatic carbocycles.